The summed E-state index contributed by atoms with van der Waals surface area (Å²) in [6.07, 6.45) is 1.42. The van der Waals surface area contributed by atoms with Crippen LogP contribution in [0.25, 0.3) is 0 Å². The van der Waals surface area contributed by atoms with Crippen LogP contribution in [-0.2, 0) is 9.53 Å². The lowest BCUT2D eigenvalue weighted by Gasteiger charge is -2.19. The first-order chi connectivity index (χ1) is 9.96. The highest BCUT2D eigenvalue weighted by atomic mass is 19.1. The number of carbonyl (C=O) groups is 2. The Balaban J connectivity index is 3.40. The van der Waals surface area contributed by atoms with Gasteiger partial charge in [0.05, 0.1) is 25.1 Å². The summed E-state index contributed by atoms with van der Waals surface area (Å²) in [5, 5.41) is 0.860. The van der Waals surface area contributed by atoms with Gasteiger partial charge in [-0.3, -0.25) is 9.80 Å². The zero-order chi connectivity index (χ0) is 16.0. The van der Waals surface area contributed by atoms with E-state index in [2.05, 4.69) is 0 Å². The van der Waals surface area contributed by atoms with Gasteiger partial charge in [-0.1, -0.05) is 0 Å². The van der Waals surface area contributed by atoms with E-state index in [0.717, 1.165) is 11.2 Å². The standard InChI is InChI=1S/C13H16FN3O4/c1-3-21-13(19)11-9(17(16)6-8(15)7-18)4-5-10(20-2)12(11)14/h4-7H,3,15-16H2,1-2H3/b8-6-. The Labute approximate surface area is 120 Å². The van der Waals surface area contributed by atoms with E-state index in [-0.39, 0.29) is 23.7 Å². The van der Waals surface area contributed by atoms with Gasteiger partial charge in [-0.05, 0) is 19.1 Å². The summed E-state index contributed by atoms with van der Waals surface area (Å²) in [4.78, 5) is 22.4. The summed E-state index contributed by atoms with van der Waals surface area (Å²) < 4.78 is 23.9. The number of methoxy groups -OCH3 is 1. The van der Waals surface area contributed by atoms with Crippen LogP contribution in [0.15, 0.2) is 24.0 Å². The number of benzene rings is 1. The molecule has 0 amide bonds. The van der Waals surface area contributed by atoms with Crippen molar-refractivity contribution in [2.75, 3.05) is 18.7 Å². The van der Waals surface area contributed by atoms with E-state index in [4.69, 9.17) is 21.1 Å². The first-order valence-electron chi connectivity index (χ1n) is 5.96. The summed E-state index contributed by atoms with van der Waals surface area (Å²) in [6, 6.07) is 2.64. The van der Waals surface area contributed by atoms with Crippen LogP contribution in [0.1, 0.15) is 17.3 Å². The molecule has 1 aromatic rings. The molecule has 0 aliphatic rings. The number of hydrogen-bond acceptors (Lipinski definition) is 7. The van der Waals surface area contributed by atoms with Crippen LogP contribution < -0.4 is 21.3 Å². The summed E-state index contributed by atoms with van der Waals surface area (Å²) in [5.41, 5.74) is 4.71. The van der Waals surface area contributed by atoms with Crippen LogP contribution in [0.5, 0.6) is 5.75 Å². The van der Waals surface area contributed by atoms with E-state index < -0.39 is 17.3 Å². The van der Waals surface area contributed by atoms with E-state index in [1.54, 1.807) is 6.92 Å². The van der Waals surface area contributed by atoms with E-state index in [0.29, 0.717) is 6.29 Å². The number of aldehydes is 1. The smallest absolute Gasteiger partial charge is 0.343 e. The lowest BCUT2D eigenvalue weighted by molar-refractivity contribution is -0.105. The van der Waals surface area contributed by atoms with Crippen molar-refractivity contribution < 1.29 is 23.5 Å². The number of hydrazine groups is 1. The summed E-state index contributed by atoms with van der Waals surface area (Å²) in [7, 11) is 1.26. The van der Waals surface area contributed by atoms with Crippen LogP contribution in [0, 0.1) is 5.82 Å². The van der Waals surface area contributed by atoms with Crippen LogP contribution in [-0.4, -0.2) is 26.0 Å². The fourth-order valence-corrected chi connectivity index (χ4v) is 1.58. The van der Waals surface area contributed by atoms with Crippen molar-refractivity contribution in [2.24, 2.45) is 11.6 Å². The van der Waals surface area contributed by atoms with Gasteiger partial charge in [0.15, 0.2) is 17.9 Å². The highest BCUT2D eigenvalue weighted by Crippen LogP contribution is 2.29. The Morgan fingerprint density at radius 1 is 1.48 bits per heavy atom. The molecule has 0 fully saturated rings. The van der Waals surface area contributed by atoms with Gasteiger partial charge in [0, 0.05) is 6.20 Å². The third-order valence-corrected chi connectivity index (χ3v) is 2.49. The quantitative estimate of drug-likeness (QED) is 0.261. The Kier molecular flexibility index (Phi) is 5.67. The fraction of sp³-hybridized carbons (Fsp3) is 0.231. The van der Waals surface area contributed by atoms with E-state index in [9.17, 15) is 14.0 Å². The third-order valence-electron chi connectivity index (χ3n) is 2.49. The van der Waals surface area contributed by atoms with Crippen molar-refractivity contribution >= 4 is 17.9 Å². The maximum Gasteiger partial charge on any atom is 0.343 e. The number of allylic oxidation sites excluding steroid dienone is 1. The molecule has 1 aromatic carbocycles. The van der Waals surface area contributed by atoms with Gasteiger partial charge < -0.3 is 15.2 Å². The van der Waals surface area contributed by atoms with Crippen LogP contribution >= 0.6 is 0 Å². The Bertz CT molecular complexity index is 575. The predicted octanol–water partition coefficient (Wildman–Crippen LogP) is 0.690. The van der Waals surface area contributed by atoms with E-state index >= 15 is 0 Å². The summed E-state index contributed by atoms with van der Waals surface area (Å²) in [5.74, 6) is 3.71. The molecule has 114 valence electrons. The lowest BCUT2D eigenvalue weighted by atomic mass is 10.1. The first-order valence-corrected chi connectivity index (χ1v) is 5.96. The predicted molar refractivity (Wildman–Crippen MR) is 73.9 cm³/mol. The van der Waals surface area contributed by atoms with Crippen molar-refractivity contribution in [3.63, 3.8) is 0 Å². The maximum absolute atomic E-state index is 14.3. The summed E-state index contributed by atoms with van der Waals surface area (Å²) >= 11 is 0. The molecule has 4 N–H and O–H groups in total. The number of rotatable bonds is 6. The van der Waals surface area contributed by atoms with Gasteiger partial charge in [0.2, 0.25) is 0 Å². The molecule has 0 heterocycles. The molecule has 0 saturated carbocycles. The normalized spacial score (nSPS) is 11.0. The minimum absolute atomic E-state index is 0.0171. The van der Waals surface area contributed by atoms with Crippen molar-refractivity contribution in [1.82, 2.24) is 0 Å². The highest BCUT2D eigenvalue weighted by molar-refractivity contribution is 5.97. The molecule has 0 aliphatic heterocycles. The molecule has 0 spiro atoms. The zero-order valence-electron chi connectivity index (χ0n) is 11.6. The number of esters is 1. The van der Waals surface area contributed by atoms with E-state index in [1.165, 1.54) is 19.2 Å². The molecule has 0 aromatic heterocycles. The first kappa shape index (κ1) is 16.4. The van der Waals surface area contributed by atoms with Gasteiger partial charge in [0.1, 0.15) is 5.56 Å². The van der Waals surface area contributed by atoms with Crippen molar-refractivity contribution in [3.8, 4) is 5.75 Å². The monoisotopic (exact) mass is 297 g/mol. The van der Waals surface area contributed by atoms with Gasteiger partial charge >= 0.3 is 5.97 Å². The Morgan fingerprint density at radius 2 is 2.14 bits per heavy atom. The van der Waals surface area contributed by atoms with Crippen molar-refractivity contribution in [3.05, 3.63) is 35.4 Å². The number of nitrogens with zero attached hydrogens (tertiary/aromatic N) is 1. The molecule has 21 heavy (non-hydrogen) atoms. The van der Waals surface area contributed by atoms with Crippen LogP contribution in [0.2, 0.25) is 0 Å². The number of hydrogen-bond donors (Lipinski definition) is 2. The molecule has 1 rings (SSSR count). The molecule has 7 nitrogen and oxygen atoms in total. The van der Waals surface area contributed by atoms with Gasteiger partial charge in [-0.25, -0.2) is 15.0 Å². The number of carbonyl (C=O) groups excluding carboxylic acids is 2. The van der Waals surface area contributed by atoms with Gasteiger partial charge in [-0.15, -0.1) is 0 Å². The molecular weight excluding hydrogens is 281 g/mol. The number of halogens is 1. The average molecular weight is 297 g/mol. The van der Waals surface area contributed by atoms with Crippen LogP contribution in [0.3, 0.4) is 0 Å². The molecule has 8 heteroatoms. The topological polar surface area (TPSA) is 108 Å². The molecular formula is C13H16FN3O4. The number of ether oxygens (including phenoxy) is 2. The van der Waals surface area contributed by atoms with Crippen molar-refractivity contribution in [1.29, 1.82) is 0 Å². The molecule has 0 unspecified atom stereocenters. The molecule has 0 bridgehead atoms. The number of anilines is 1. The molecule has 0 aliphatic carbocycles. The average Bonchev–Trinajstić information content (AvgIpc) is 2.46. The van der Waals surface area contributed by atoms with Crippen molar-refractivity contribution in [2.45, 2.75) is 6.92 Å². The second-order valence-electron chi connectivity index (χ2n) is 3.85. The van der Waals surface area contributed by atoms with Gasteiger partial charge in [-0.2, -0.15) is 0 Å². The lowest BCUT2D eigenvalue weighted by Crippen LogP contribution is -2.29. The zero-order valence-corrected chi connectivity index (χ0v) is 11.6. The van der Waals surface area contributed by atoms with E-state index in [1.807, 2.05) is 0 Å². The fourth-order valence-electron chi connectivity index (χ4n) is 1.58. The Morgan fingerprint density at radius 3 is 2.67 bits per heavy atom. The van der Waals surface area contributed by atoms with Crippen LogP contribution in [0.4, 0.5) is 10.1 Å². The Hall–Kier alpha value is -2.61. The minimum atomic E-state index is -0.915. The molecule has 0 radical (unpaired) electrons. The highest BCUT2D eigenvalue weighted by Gasteiger charge is 2.24. The summed E-state index contributed by atoms with van der Waals surface area (Å²) in [6.45, 7) is 1.64. The largest absolute Gasteiger partial charge is 0.494 e. The third kappa shape index (κ3) is 3.69. The maximum atomic E-state index is 14.3. The minimum Gasteiger partial charge on any atom is -0.494 e. The molecule has 0 saturated heterocycles. The van der Waals surface area contributed by atoms with Gasteiger partial charge in [0.25, 0.3) is 0 Å². The second kappa shape index (κ2) is 7.25. The number of nitrogens with two attached hydrogens (primary N) is 2. The molecule has 0 atom stereocenters. The SMILES string of the molecule is CCOC(=O)c1c(N(N)/C=C(\N)C=O)ccc(OC)c1F. The second-order valence-corrected chi connectivity index (χ2v) is 3.85.